The van der Waals surface area contributed by atoms with Crippen LogP contribution in [0.15, 0.2) is 30.5 Å². The number of aromatic nitrogens is 2. The molecule has 0 saturated carbocycles. The third-order valence-corrected chi connectivity index (χ3v) is 3.02. The van der Waals surface area contributed by atoms with Crippen LogP contribution in [0.3, 0.4) is 0 Å². The number of rotatable bonds is 2. The van der Waals surface area contributed by atoms with E-state index in [2.05, 4.69) is 5.10 Å². The molecule has 0 aliphatic carbocycles. The molecular weight excluding hydrogens is 249 g/mol. The summed E-state index contributed by atoms with van der Waals surface area (Å²) in [6, 6.07) is 5.53. The lowest BCUT2D eigenvalue weighted by molar-refractivity contribution is -0.114. The van der Waals surface area contributed by atoms with Crippen molar-refractivity contribution in [2.75, 3.05) is 4.90 Å². The molecule has 3 rings (SSSR count). The van der Waals surface area contributed by atoms with Gasteiger partial charge in [-0.15, -0.1) is 0 Å². The van der Waals surface area contributed by atoms with E-state index in [1.54, 1.807) is 24.0 Å². The highest BCUT2D eigenvalue weighted by Crippen LogP contribution is 2.30. The van der Waals surface area contributed by atoms with Gasteiger partial charge in [0.1, 0.15) is 5.82 Å². The fourth-order valence-corrected chi connectivity index (χ4v) is 2.14. The topological polar surface area (TPSA) is 55.2 Å². The van der Waals surface area contributed by atoms with Crippen LogP contribution < -0.4 is 4.90 Å². The van der Waals surface area contributed by atoms with E-state index in [0.717, 1.165) is 6.07 Å². The van der Waals surface area contributed by atoms with Gasteiger partial charge in [0.05, 0.1) is 23.5 Å². The number of nitrogens with zero attached hydrogens (tertiary/aromatic N) is 3. The number of halogens is 1. The van der Waals surface area contributed by atoms with Gasteiger partial charge in [-0.2, -0.15) is 5.10 Å². The van der Waals surface area contributed by atoms with Crippen LogP contribution in [0.4, 0.5) is 10.1 Å². The Kier molecular flexibility index (Phi) is 2.45. The highest BCUT2D eigenvalue weighted by Gasteiger charge is 2.36. The number of hydrogen-bond donors (Lipinski definition) is 0. The quantitative estimate of drug-likeness (QED) is 0.764. The van der Waals surface area contributed by atoms with Crippen molar-refractivity contribution in [3.8, 4) is 0 Å². The predicted molar refractivity (Wildman–Crippen MR) is 65.1 cm³/mol. The van der Waals surface area contributed by atoms with E-state index in [1.807, 2.05) is 0 Å². The molecule has 96 valence electrons. The van der Waals surface area contributed by atoms with E-state index in [1.165, 1.54) is 17.0 Å². The van der Waals surface area contributed by atoms with Crippen LogP contribution in [0.1, 0.15) is 16.1 Å². The number of benzene rings is 1. The van der Waals surface area contributed by atoms with Gasteiger partial charge in [-0.3, -0.25) is 19.2 Å². The molecule has 6 heteroatoms. The first-order chi connectivity index (χ1) is 9.06. The number of Topliss-reactive ketones (excluding diaryl/α,β-unsaturated/α-hetero) is 1. The van der Waals surface area contributed by atoms with Gasteiger partial charge < -0.3 is 0 Å². The molecular formula is C13H10FN3O2. The van der Waals surface area contributed by atoms with Gasteiger partial charge in [-0.25, -0.2) is 4.39 Å². The van der Waals surface area contributed by atoms with Gasteiger partial charge in [-0.1, -0.05) is 0 Å². The number of hydrogen-bond acceptors (Lipinski definition) is 3. The molecule has 2 aromatic rings. The van der Waals surface area contributed by atoms with Crippen LogP contribution in [0.5, 0.6) is 0 Å². The Labute approximate surface area is 108 Å². The highest BCUT2D eigenvalue weighted by molar-refractivity contribution is 6.52. The summed E-state index contributed by atoms with van der Waals surface area (Å²) in [4.78, 5) is 25.0. The zero-order valence-corrected chi connectivity index (χ0v) is 10.1. The van der Waals surface area contributed by atoms with Crippen LogP contribution in [0, 0.1) is 5.82 Å². The van der Waals surface area contributed by atoms with Crippen molar-refractivity contribution in [1.29, 1.82) is 0 Å². The molecule has 0 N–H and O–H groups in total. The van der Waals surface area contributed by atoms with Crippen molar-refractivity contribution < 1.29 is 14.0 Å². The minimum absolute atomic E-state index is 0.112. The number of anilines is 1. The molecule has 0 atom stereocenters. The van der Waals surface area contributed by atoms with E-state index >= 15 is 0 Å². The molecule has 0 saturated heterocycles. The van der Waals surface area contributed by atoms with E-state index in [0.29, 0.717) is 11.4 Å². The van der Waals surface area contributed by atoms with Gasteiger partial charge in [0.2, 0.25) is 0 Å². The number of amides is 1. The fourth-order valence-electron chi connectivity index (χ4n) is 2.14. The Morgan fingerprint density at radius 1 is 1.26 bits per heavy atom. The van der Waals surface area contributed by atoms with E-state index in [4.69, 9.17) is 0 Å². The molecule has 0 radical (unpaired) electrons. The van der Waals surface area contributed by atoms with Crippen LogP contribution in [0.2, 0.25) is 0 Å². The predicted octanol–water partition coefficient (Wildman–Crippen LogP) is 1.29. The van der Waals surface area contributed by atoms with Crippen molar-refractivity contribution in [3.63, 3.8) is 0 Å². The van der Waals surface area contributed by atoms with E-state index in [-0.39, 0.29) is 12.1 Å². The summed E-state index contributed by atoms with van der Waals surface area (Å²) >= 11 is 0. The third kappa shape index (κ3) is 1.81. The molecule has 1 aliphatic rings. The average molecular weight is 259 g/mol. The molecule has 5 nitrogen and oxygen atoms in total. The third-order valence-electron chi connectivity index (χ3n) is 3.02. The fraction of sp³-hybridized carbons (Fsp3) is 0.154. The summed E-state index contributed by atoms with van der Waals surface area (Å²) in [6.07, 6.45) is 1.75. The zero-order chi connectivity index (χ0) is 13.6. The largest absolute Gasteiger partial charge is 0.299 e. The van der Waals surface area contributed by atoms with Crippen molar-refractivity contribution in [1.82, 2.24) is 9.78 Å². The smallest absolute Gasteiger partial charge is 0.299 e. The molecule has 1 aromatic carbocycles. The summed E-state index contributed by atoms with van der Waals surface area (Å²) in [5.74, 6) is -1.85. The number of fused-ring (bicyclic) bond motifs is 1. The first-order valence-corrected chi connectivity index (χ1v) is 5.70. The maximum atomic E-state index is 13.1. The lowest BCUT2D eigenvalue weighted by atomic mass is 10.1. The summed E-state index contributed by atoms with van der Waals surface area (Å²) in [7, 11) is 1.77. The Balaban J connectivity index is 1.99. The molecule has 0 fully saturated rings. The molecule has 0 unspecified atom stereocenters. The molecule has 1 amide bonds. The number of aryl methyl sites for hydroxylation is 1. The molecule has 19 heavy (non-hydrogen) atoms. The average Bonchev–Trinajstić information content (AvgIpc) is 2.88. The standard InChI is InChI=1S/C13H10FN3O2/c1-16-5-4-9(15-16)7-17-11-3-2-8(14)6-10(11)12(18)13(17)19/h2-6H,7H2,1H3. The molecule has 1 aliphatic heterocycles. The van der Waals surface area contributed by atoms with Crippen LogP contribution in [-0.4, -0.2) is 21.5 Å². The maximum Gasteiger partial charge on any atom is 0.299 e. The van der Waals surface area contributed by atoms with Crippen molar-refractivity contribution >= 4 is 17.4 Å². The zero-order valence-electron chi connectivity index (χ0n) is 10.1. The van der Waals surface area contributed by atoms with Crippen LogP contribution >= 0.6 is 0 Å². The van der Waals surface area contributed by atoms with Crippen molar-refractivity contribution in [2.24, 2.45) is 7.05 Å². The van der Waals surface area contributed by atoms with Gasteiger partial charge in [0.25, 0.3) is 11.7 Å². The molecule has 1 aromatic heterocycles. The van der Waals surface area contributed by atoms with E-state index in [9.17, 15) is 14.0 Å². The minimum atomic E-state index is -0.676. The number of ketones is 1. The Bertz CT molecular complexity index is 693. The summed E-state index contributed by atoms with van der Waals surface area (Å²) in [5.41, 5.74) is 1.21. The Morgan fingerprint density at radius 3 is 2.74 bits per heavy atom. The molecule has 2 heterocycles. The minimum Gasteiger partial charge on any atom is -0.299 e. The Morgan fingerprint density at radius 2 is 2.05 bits per heavy atom. The number of carbonyl (C=O) groups is 2. The maximum absolute atomic E-state index is 13.1. The van der Waals surface area contributed by atoms with Crippen LogP contribution in [0.25, 0.3) is 0 Å². The SMILES string of the molecule is Cn1ccc(CN2C(=O)C(=O)c3cc(F)ccc32)n1. The van der Waals surface area contributed by atoms with Crippen LogP contribution in [-0.2, 0) is 18.4 Å². The van der Waals surface area contributed by atoms with Gasteiger partial charge in [0, 0.05) is 13.2 Å². The second kappa shape index (κ2) is 4.01. The van der Waals surface area contributed by atoms with Crippen molar-refractivity contribution in [3.05, 3.63) is 47.5 Å². The summed E-state index contributed by atoms with van der Waals surface area (Å²) < 4.78 is 14.7. The second-order valence-electron chi connectivity index (χ2n) is 4.36. The van der Waals surface area contributed by atoms with Crippen molar-refractivity contribution in [2.45, 2.75) is 6.54 Å². The number of carbonyl (C=O) groups excluding carboxylic acids is 2. The molecule has 0 bridgehead atoms. The monoisotopic (exact) mass is 259 g/mol. The normalized spacial score (nSPS) is 14.1. The summed E-state index contributed by atoms with van der Waals surface area (Å²) in [6.45, 7) is 0.198. The van der Waals surface area contributed by atoms with Gasteiger partial charge in [0.15, 0.2) is 0 Å². The van der Waals surface area contributed by atoms with E-state index < -0.39 is 17.5 Å². The van der Waals surface area contributed by atoms with Gasteiger partial charge in [-0.05, 0) is 24.3 Å². The lowest BCUT2D eigenvalue weighted by Gasteiger charge is -2.14. The highest BCUT2D eigenvalue weighted by atomic mass is 19.1. The van der Waals surface area contributed by atoms with Gasteiger partial charge >= 0.3 is 0 Å². The first kappa shape index (κ1) is 11.6. The Hall–Kier alpha value is -2.50. The summed E-state index contributed by atoms with van der Waals surface area (Å²) in [5, 5.41) is 4.16. The second-order valence-corrected chi connectivity index (χ2v) is 4.36. The molecule has 0 spiro atoms. The first-order valence-electron chi connectivity index (χ1n) is 5.70. The lowest BCUT2D eigenvalue weighted by Crippen LogP contribution is -2.29.